The van der Waals surface area contributed by atoms with Crippen molar-refractivity contribution >= 4 is 28.9 Å². The molecule has 1 atom stereocenters. The second-order valence-corrected chi connectivity index (χ2v) is 6.45. The molecule has 0 aliphatic heterocycles. The number of aryl methyl sites for hydroxylation is 2. The second kappa shape index (κ2) is 7.39. The van der Waals surface area contributed by atoms with E-state index >= 15 is 0 Å². The van der Waals surface area contributed by atoms with Crippen molar-refractivity contribution in [3.8, 4) is 0 Å². The van der Waals surface area contributed by atoms with E-state index in [9.17, 15) is 19.7 Å². The number of nitro groups is 1. The third-order valence-corrected chi connectivity index (χ3v) is 4.98. The van der Waals surface area contributed by atoms with Crippen molar-refractivity contribution in [2.75, 3.05) is 0 Å². The summed E-state index contributed by atoms with van der Waals surface area (Å²) in [6.07, 6.45) is 0.491. The topological polar surface area (TPSA) is 122 Å². The van der Waals surface area contributed by atoms with Crippen molar-refractivity contribution in [2.24, 2.45) is 0 Å². The number of benzene rings is 1. The van der Waals surface area contributed by atoms with E-state index < -0.39 is 22.8 Å². The van der Waals surface area contributed by atoms with Gasteiger partial charge in [0.2, 0.25) is 0 Å². The highest BCUT2D eigenvalue weighted by molar-refractivity contribution is 7.13. The Labute approximate surface area is 147 Å². The van der Waals surface area contributed by atoms with Crippen LogP contribution in [0.15, 0.2) is 18.2 Å². The largest absolute Gasteiger partial charge is 0.477 e. The van der Waals surface area contributed by atoms with Crippen LogP contribution < -0.4 is 5.32 Å². The van der Waals surface area contributed by atoms with Crippen LogP contribution in [-0.4, -0.2) is 26.9 Å². The highest BCUT2D eigenvalue weighted by atomic mass is 32.1. The number of carbonyl (C=O) groups excluding carboxylic acids is 1. The van der Waals surface area contributed by atoms with Crippen LogP contribution >= 0.6 is 11.3 Å². The quantitative estimate of drug-likeness (QED) is 0.600. The summed E-state index contributed by atoms with van der Waals surface area (Å²) in [4.78, 5) is 38.3. The molecule has 132 valence electrons. The van der Waals surface area contributed by atoms with Gasteiger partial charge in [-0.05, 0) is 26.3 Å². The van der Waals surface area contributed by atoms with E-state index in [2.05, 4.69) is 10.3 Å². The molecule has 0 aliphatic rings. The average molecular weight is 363 g/mol. The Kier molecular flexibility index (Phi) is 5.48. The van der Waals surface area contributed by atoms with Crippen LogP contribution in [0.5, 0.6) is 0 Å². The SMILES string of the molecule is CCc1ccc(C(=O)NC(C)c2nc(C)c(C(=O)O)s2)cc1[N+](=O)[O-]. The standard InChI is InChI=1S/C16H17N3O5S/c1-4-10-5-6-11(7-12(10)19(23)24)14(20)17-9(3)15-18-8(2)13(25-15)16(21)22/h5-7,9H,4H2,1-3H3,(H,17,20)(H,21,22). The van der Waals surface area contributed by atoms with E-state index in [4.69, 9.17) is 5.11 Å². The van der Waals surface area contributed by atoms with Gasteiger partial charge in [0, 0.05) is 17.2 Å². The highest BCUT2D eigenvalue weighted by Crippen LogP contribution is 2.25. The number of amides is 1. The maximum Gasteiger partial charge on any atom is 0.347 e. The van der Waals surface area contributed by atoms with Crippen LogP contribution in [0.25, 0.3) is 0 Å². The highest BCUT2D eigenvalue weighted by Gasteiger charge is 2.21. The molecule has 1 unspecified atom stereocenters. The predicted molar refractivity (Wildman–Crippen MR) is 92.2 cm³/mol. The van der Waals surface area contributed by atoms with Gasteiger partial charge in [-0.15, -0.1) is 11.3 Å². The molecule has 9 heteroatoms. The molecular weight excluding hydrogens is 346 g/mol. The summed E-state index contributed by atoms with van der Waals surface area (Å²) >= 11 is 0.993. The van der Waals surface area contributed by atoms with Crippen LogP contribution in [0.1, 0.15) is 56.2 Å². The Morgan fingerprint density at radius 3 is 2.64 bits per heavy atom. The van der Waals surface area contributed by atoms with Gasteiger partial charge in [0.25, 0.3) is 11.6 Å². The summed E-state index contributed by atoms with van der Waals surface area (Å²) in [5.41, 5.74) is 1.01. The van der Waals surface area contributed by atoms with Gasteiger partial charge in [0.05, 0.1) is 16.7 Å². The molecule has 2 N–H and O–H groups in total. The first-order valence-electron chi connectivity index (χ1n) is 7.53. The van der Waals surface area contributed by atoms with Crippen LogP contribution in [0.4, 0.5) is 5.69 Å². The van der Waals surface area contributed by atoms with E-state index in [1.165, 1.54) is 12.1 Å². The van der Waals surface area contributed by atoms with Crippen molar-refractivity contribution in [2.45, 2.75) is 33.2 Å². The number of thiazole rings is 1. The van der Waals surface area contributed by atoms with Gasteiger partial charge >= 0.3 is 5.97 Å². The first-order valence-corrected chi connectivity index (χ1v) is 8.35. The Morgan fingerprint density at radius 1 is 1.44 bits per heavy atom. The smallest absolute Gasteiger partial charge is 0.347 e. The summed E-state index contributed by atoms with van der Waals surface area (Å²) in [5.74, 6) is -1.55. The zero-order valence-corrected chi connectivity index (χ0v) is 14.7. The maximum atomic E-state index is 12.4. The van der Waals surface area contributed by atoms with Crippen molar-refractivity contribution in [3.05, 3.63) is 55.0 Å². The van der Waals surface area contributed by atoms with E-state index in [-0.39, 0.29) is 16.1 Å². The van der Waals surface area contributed by atoms with Gasteiger partial charge in [0.1, 0.15) is 9.88 Å². The number of nitro benzene ring substituents is 1. The number of hydrogen-bond acceptors (Lipinski definition) is 6. The van der Waals surface area contributed by atoms with Gasteiger partial charge in [0.15, 0.2) is 0 Å². The van der Waals surface area contributed by atoms with Crippen molar-refractivity contribution in [3.63, 3.8) is 0 Å². The molecule has 0 fully saturated rings. The van der Waals surface area contributed by atoms with Crippen molar-refractivity contribution < 1.29 is 19.6 Å². The molecule has 2 rings (SSSR count). The third-order valence-electron chi connectivity index (χ3n) is 3.65. The number of aromatic nitrogens is 1. The van der Waals surface area contributed by atoms with E-state index in [1.54, 1.807) is 26.8 Å². The van der Waals surface area contributed by atoms with Gasteiger partial charge in [-0.2, -0.15) is 0 Å². The Morgan fingerprint density at radius 2 is 2.12 bits per heavy atom. The summed E-state index contributed by atoms with van der Waals surface area (Å²) in [7, 11) is 0. The summed E-state index contributed by atoms with van der Waals surface area (Å²) < 4.78 is 0. The minimum atomic E-state index is -1.06. The minimum Gasteiger partial charge on any atom is -0.477 e. The molecular formula is C16H17N3O5S. The molecule has 1 aromatic heterocycles. The van der Waals surface area contributed by atoms with Gasteiger partial charge in [-0.1, -0.05) is 13.0 Å². The molecule has 0 saturated carbocycles. The number of hydrogen-bond donors (Lipinski definition) is 2. The van der Waals surface area contributed by atoms with E-state index in [0.717, 1.165) is 11.3 Å². The van der Waals surface area contributed by atoms with Gasteiger partial charge in [-0.25, -0.2) is 9.78 Å². The molecule has 1 aromatic carbocycles. The number of carboxylic acid groups (broad SMARTS) is 1. The lowest BCUT2D eigenvalue weighted by Crippen LogP contribution is -2.26. The minimum absolute atomic E-state index is 0.0962. The molecule has 1 amide bonds. The van der Waals surface area contributed by atoms with Crippen LogP contribution in [0.2, 0.25) is 0 Å². The average Bonchev–Trinajstić information content (AvgIpc) is 2.96. The van der Waals surface area contributed by atoms with Gasteiger partial charge < -0.3 is 10.4 Å². The molecule has 0 aliphatic carbocycles. The molecule has 0 bridgehead atoms. The van der Waals surface area contributed by atoms with Crippen molar-refractivity contribution in [1.29, 1.82) is 0 Å². The molecule has 2 aromatic rings. The first kappa shape index (κ1) is 18.5. The Balaban J connectivity index is 2.21. The molecule has 0 radical (unpaired) electrons. The number of carboxylic acids is 1. The lowest BCUT2D eigenvalue weighted by Gasteiger charge is -2.11. The van der Waals surface area contributed by atoms with Crippen LogP contribution in [0, 0.1) is 17.0 Å². The molecule has 0 saturated heterocycles. The normalized spacial score (nSPS) is 11.8. The first-order chi connectivity index (χ1) is 11.7. The predicted octanol–water partition coefficient (Wildman–Crippen LogP) is 3.11. The second-order valence-electron chi connectivity index (χ2n) is 5.42. The van der Waals surface area contributed by atoms with E-state index in [0.29, 0.717) is 22.7 Å². The molecule has 25 heavy (non-hydrogen) atoms. The Hall–Kier alpha value is -2.81. The fraction of sp³-hybridized carbons (Fsp3) is 0.312. The third kappa shape index (κ3) is 4.00. The van der Waals surface area contributed by atoms with Crippen molar-refractivity contribution in [1.82, 2.24) is 10.3 Å². The zero-order chi connectivity index (χ0) is 18.7. The number of carbonyl (C=O) groups is 2. The van der Waals surface area contributed by atoms with E-state index in [1.807, 2.05) is 0 Å². The molecule has 1 heterocycles. The fourth-order valence-corrected chi connectivity index (χ4v) is 3.22. The molecule has 8 nitrogen and oxygen atoms in total. The summed E-state index contributed by atoms with van der Waals surface area (Å²) in [6, 6.07) is 3.82. The summed E-state index contributed by atoms with van der Waals surface area (Å²) in [6.45, 7) is 5.07. The number of rotatable bonds is 6. The maximum absolute atomic E-state index is 12.4. The monoisotopic (exact) mass is 363 g/mol. The Bertz CT molecular complexity index is 846. The zero-order valence-electron chi connectivity index (χ0n) is 13.9. The van der Waals surface area contributed by atoms with Crippen LogP contribution in [0.3, 0.4) is 0 Å². The number of aromatic carboxylic acids is 1. The number of nitrogens with one attached hydrogen (secondary N) is 1. The lowest BCUT2D eigenvalue weighted by molar-refractivity contribution is -0.385. The number of nitrogens with zero attached hydrogens (tertiary/aromatic N) is 2. The molecule has 0 spiro atoms. The summed E-state index contributed by atoms with van der Waals surface area (Å²) in [5, 5.41) is 23.3. The van der Waals surface area contributed by atoms with Crippen LogP contribution in [-0.2, 0) is 6.42 Å². The fourth-order valence-electron chi connectivity index (χ4n) is 2.32. The van der Waals surface area contributed by atoms with Gasteiger partial charge in [-0.3, -0.25) is 14.9 Å². The lowest BCUT2D eigenvalue weighted by atomic mass is 10.1.